The van der Waals surface area contributed by atoms with Crippen LogP contribution in [0.25, 0.3) is 0 Å². The maximum atomic E-state index is 11.8. The van der Waals surface area contributed by atoms with E-state index in [-0.39, 0.29) is 11.1 Å². The highest BCUT2D eigenvalue weighted by Gasteiger charge is 2.13. The van der Waals surface area contributed by atoms with Gasteiger partial charge in [0.15, 0.2) is 0 Å². The molecule has 0 spiro atoms. The van der Waals surface area contributed by atoms with Crippen LogP contribution in [0.5, 0.6) is 0 Å². The van der Waals surface area contributed by atoms with Gasteiger partial charge in [-0.25, -0.2) is 0 Å². The van der Waals surface area contributed by atoms with Gasteiger partial charge in [-0.3, -0.25) is 4.79 Å². The fraction of sp³-hybridized carbons (Fsp3) is 0. The van der Waals surface area contributed by atoms with Gasteiger partial charge in [-0.2, -0.15) is 0 Å². The van der Waals surface area contributed by atoms with Crippen LogP contribution < -0.4 is 5.32 Å². The number of carbonyl (C=O) groups is 1. The number of furan rings is 1. The summed E-state index contributed by atoms with van der Waals surface area (Å²) >= 11 is 9.04. The maximum absolute atomic E-state index is 11.8. The molecule has 0 aliphatic rings. The van der Waals surface area contributed by atoms with Crippen LogP contribution in [0, 0.1) is 0 Å². The van der Waals surface area contributed by atoms with Gasteiger partial charge in [0, 0.05) is 4.47 Å². The average Bonchev–Trinajstić information content (AvgIpc) is 2.68. The summed E-state index contributed by atoms with van der Waals surface area (Å²) in [6, 6.07) is 8.85. The zero-order valence-electron chi connectivity index (χ0n) is 8.04. The molecule has 1 N–H and O–H groups in total. The first kappa shape index (κ1) is 11.2. The first-order valence-corrected chi connectivity index (χ1v) is 5.64. The second-order valence-electron chi connectivity index (χ2n) is 3.04. The summed E-state index contributed by atoms with van der Waals surface area (Å²) in [5.41, 5.74) is 1.00. The summed E-state index contributed by atoms with van der Waals surface area (Å²) < 4.78 is 5.65. The highest BCUT2D eigenvalue weighted by atomic mass is 79.9. The Balaban J connectivity index is 2.21. The molecule has 0 fully saturated rings. The molecule has 82 valence electrons. The predicted molar refractivity (Wildman–Crippen MR) is 65.8 cm³/mol. The number of anilines is 1. The molecule has 1 aromatic carbocycles. The van der Waals surface area contributed by atoms with E-state index in [1.54, 1.807) is 6.07 Å². The maximum Gasteiger partial charge on any atom is 0.260 e. The zero-order valence-corrected chi connectivity index (χ0v) is 10.4. The Morgan fingerprint density at radius 1 is 1.31 bits per heavy atom. The fourth-order valence-corrected chi connectivity index (χ4v) is 1.79. The third kappa shape index (κ3) is 2.28. The van der Waals surface area contributed by atoms with Gasteiger partial charge in [-0.1, -0.05) is 12.1 Å². The molecule has 0 bridgehead atoms. The fourth-order valence-electron chi connectivity index (χ4n) is 1.21. The number of rotatable bonds is 2. The van der Waals surface area contributed by atoms with Crippen molar-refractivity contribution in [1.82, 2.24) is 0 Å². The Labute approximate surface area is 106 Å². The number of hydrogen-bond acceptors (Lipinski definition) is 2. The summed E-state index contributed by atoms with van der Waals surface area (Å²) in [6.45, 7) is 0. The predicted octanol–water partition coefficient (Wildman–Crippen LogP) is 3.95. The van der Waals surface area contributed by atoms with E-state index in [1.165, 1.54) is 12.3 Å². The van der Waals surface area contributed by atoms with Gasteiger partial charge >= 0.3 is 0 Å². The second-order valence-corrected chi connectivity index (χ2v) is 4.24. The largest absolute Gasteiger partial charge is 0.452 e. The number of hydrogen-bond donors (Lipinski definition) is 1. The molecular weight excluding hydrogens is 293 g/mol. The van der Waals surface area contributed by atoms with Gasteiger partial charge in [-0.05, 0) is 45.7 Å². The number of nitrogens with one attached hydrogen (secondary N) is 1. The highest BCUT2D eigenvalue weighted by molar-refractivity contribution is 9.10. The van der Waals surface area contributed by atoms with Crippen molar-refractivity contribution in [1.29, 1.82) is 0 Å². The number of carbonyl (C=O) groups excluding carboxylic acids is 1. The second kappa shape index (κ2) is 4.72. The Hall–Kier alpha value is -1.26. The molecule has 0 aliphatic heterocycles. The SMILES string of the molecule is O=C(Nc1ccccc1Br)c1ccoc1Cl. The van der Waals surface area contributed by atoms with E-state index >= 15 is 0 Å². The van der Waals surface area contributed by atoms with Crippen molar-refractivity contribution in [2.45, 2.75) is 0 Å². The number of benzene rings is 1. The van der Waals surface area contributed by atoms with E-state index in [0.717, 1.165) is 4.47 Å². The third-order valence-corrected chi connectivity index (χ3v) is 2.97. The molecule has 1 heterocycles. The minimum atomic E-state index is -0.300. The van der Waals surface area contributed by atoms with Crippen LogP contribution in [0.15, 0.2) is 45.5 Å². The summed E-state index contributed by atoms with van der Waals surface area (Å²) in [4.78, 5) is 11.8. The smallest absolute Gasteiger partial charge is 0.260 e. The normalized spacial score (nSPS) is 10.1. The monoisotopic (exact) mass is 299 g/mol. The van der Waals surface area contributed by atoms with Gasteiger partial charge in [0.1, 0.15) is 0 Å². The lowest BCUT2D eigenvalue weighted by Gasteiger charge is -2.05. The number of amides is 1. The molecule has 0 radical (unpaired) electrons. The van der Waals surface area contributed by atoms with E-state index in [1.807, 2.05) is 18.2 Å². The Kier molecular flexibility index (Phi) is 3.31. The Bertz CT molecular complexity index is 524. The van der Waals surface area contributed by atoms with Gasteiger partial charge < -0.3 is 9.73 Å². The Morgan fingerprint density at radius 3 is 2.69 bits per heavy atom. The molecule has 1 amide bonds. The number of halogens is 2. The van der Waals surface area contributed by atoms with E-state index in [2.05, 4.69) is 21.2 Å². The Morgan fingerprint density at radius 2 is 2.06 bits per heavy atom. The minimum absolute atomic E-state index is 0.0875. The standard InChI is InChI=1S/C11H7BrClNO2/c12-8-3-1-2-4-9(8)14-11(15)7-5-6-16-10(7)13/h1-6H,(H,14,15). The third-order valence-electron chi connectivity index (χ3n) is 1.98. The summed E-state index contributed by atoms with van der Waals surface area (Å²) in [6.07, 6.45) is 1.37. The van der Waals surface area contributed by atoms with Crippen molar-refractivity contribution in [3.8, 4) is 0 Å². The van der Waals surface area contributed by atoms with E-state index < -0.39 is 0 Å². The molecule has 0 saturated heterocycles. The van der Waals surface area contributed by atoms with Crippen LogP contribution in [0.1, 0.15) is 10.4 Å². The number of para-hydroxylation sites is 1. The van der Waals surface area contributed by atoms with Gasteiger partial charge in [0.05, 0.1) is 17.5 Å². The molecule has 1 aromatic heterocycles. The topological polar surface area (TPSA) is 42.2 Å². The van der Waals surface area contributed by atoms with Crippen molar-refractivity contribution in [2.24, 2.45) is 0 Å². The molecule has 2 rings (SSSR count). The summed E-state index contributed by atoms with van der Waals surface area (Å²) in [5, 5.41) is 2.81. The van der Waals surface area contributed by atoms with Crippen LogP contribution in [0.3, 0.4) is 0 Å². The quantitative estimate of drug-likeness (QED) is 0.912. The summed E-state index contributed by atoms with van der Waals surface area (Å²) in [7, 11) is 0. The average molecular weight is 301 g/mol. The van der Waals surface area contributed by atoms with E-state index in [9.17, 15) is 4.79 Å². The molecule has 0 aliphatic carbocycles. The summed E-state index contributed by atoms with van der Waals surface area (Å²) in [5.74, 6) is -0.300. The lowest BCUT2D eigenvalue weighted by Crippen LogP contribution is -2.11. The van der Waals surface area contributed by atoms with Crippen molar-refractivity contribution in [3.63, 3.8) is 0 Å². The van der Waals surface area contributed by atoms with Gasteiger partial charge in [0.2, 0.25) is 5.22 Å². The van der Waals surface area contributed by atoms with E-state index in [0.29, 0.717) is 11.3 Å². The van der Waals surface area contributed by atoms with Crippen LogP contribution in [-0.2, 0) is 0 Å². The molecule has 0 atom stereocenters. The van der Waals surface area contributed by atoms with Crippen molar-refractivity contribution >= 4 is 39.1 Å². The highest BCUT2D eigenvalue weighted by Crippen LogP contribution is 2.23. The van der Waals surface area contributed by atoms with Crippen molar-refractivity contribution in [2.75, 3.05) is 5.32 Å². The molecule has 16 heavy (non-hydrogen) atoms. The molecule has 0 saturated carbocycles. The van der Waals surface area contributed by atoms with Gasteiger partial charge in [0.25, 0.3) is 5.91 Å². The lowest BCUT2D eigenvalue weighted by atomic mass is 10.3. The molecule has 0 unspecified atom stereocenters. The first-order chi connectivity index (χ1) is 7.68. The van der Waals surface area contributed by atoms with Crippen LogP contribution in [0.4, 0.5) is 5.69 Å². The zero-order chi connectivity index (χ0) is 11.5. The van der Waals surface area contributed by atoms with Crippen molar-refractivity contribution < 1.29 is 9.21 Å². The minimum Gasteiger partial charge on any atom is -0.452 e. The molecule has 2 aromatic rings. The van der Waals surface area contributed by atoms with Crippen LogP contribution in [0.2, 0.25) is 5.22 Å². The van der Waals surface area contributed by atoms with Gasteiger partial charge in [-0.15, -0.1) is 0 Å². The lowest BCUT2D eigenvalue weighted by molar-refractivity contribution is 0.102. The van der Waals surface area contributed by atoms with Crippen molar-refractivity contribution in [3.05, 3.63) is 51.9 Å². The first-order valence-electron chi connectivity index (χ1n) is 4.47. The molecule has 5 heteroatoms. The van der Waals surface area contributed by atoms with E-state index in [4.69, 9.17) is 16.0 Å². The van der Waals surface area contributed by atoms with Crippen LogP contribution >= 0.6 is 27.5 Å². The molecular formula is C11H7BrClNO2. The van der Waals surface area contributed by atoms with Crippen LogP contribution in [-0.4, -0.2) is 5.91 Å². The molecule has 3 nitrogen and oxygen atoms in total.